The second kappa shape index (κ2) is 21.7. The van der Waals surface area contributed by atoms with E-state index in [1.54, 1.807) is 6.07 Å². The number of allylic oxidation sites excluding steroid dienone is 2. The smallest absolute Gasteiger partial charge is 0.256 e. The third kappa shape index (κ3) is 11.6. The van der Waals surface area contributed by atoms with Crippen LogP contribution in [0.15, 0.2) is 60.3 Å². The Labute approximate surface area is 236 Å². The van der Waals surface area contributed by atoms with Crippen LogP contribution in [0.2, 0.25) is 0 Å². The van der Waals surface area contributed by atoms with E-state index in [4.69, 9.17) is 4.79 Å². The summed E-state index contributed by atoms with van der Waals surface area (Å²) in [6.45, 7) is 18.5. The van der Waals surface area contributed by atoms with Crippen molar-refractivity contribution in [3.63, 3.8) is 0 Å². The lowest BCUT2D eigenvalue weighted by atomic mass is 9.93. The summed E-state index contributed by atoms with van der Waals surface area (Å²) in [6.07, 6.45) is 10.3. The fourth-order valence-electron chi connectivity index (χ4n) is 4.34. The van der Waals surface area contributed by atoms with Gasteiger partial charge in [0, 0.05) is 28.6 Å². The Balaban J connectivity index is 0.000000870. The first-order valence-corrected chi connectivity index (χ1v) is 14.5. The number of benzene rings is 2. The molecule has 3 heterocycles. The Morgan fingerprint density at radius 1 is 0.923 bits per heavy atom. The minimum Gasteiger partial charge on any atom is -0.383 e. The Hall–Kier alpha value is -3.25. The molecule has 6 heteroatoms. The van der Waals surface area contributed by atoms with Gasteiger partial charge in [0.1, 0.15) is 12.6 Å². The molecule has 1 atom stereocenters. The van der Waals surface area contributed by atoms with Crippen molar-refractivity contribution in [3.05, 3.63) is 71.7 Å². The summed E-state index contributed by atoms with van der Waals surface area (Å²) < 4.78 is 13.7. The number of hydrogen-bond acceptors (Lipinski definition) is 4. The quantitative estimate of drug-likeness (QED) is 0.337. The maximum atomic E-state index is 13.7. The molecule has 0 aliphatic carbocycles. The van der Waals surface area contributed by atoms with E-state index >= 15 is 0 Å². The molecule has 0 aromatic heterocycles. The average molecular weight is 540 g/mol. The maximum Gasteiger partial charge on any atom is 0.256 e. The van der Waals surface area contributed by atoms with E-state index in [1.807, 2.05) is 85.6 Å². The number of halogens is 1. The summed E-state index contributed by atoms with van der Waals surface area (Å²) in [5.41, 5.74) is 5.05. The van der Waals surface area contributed by atoms with E-state index in [2.05, 4.69) is 22.0 Å². The predicted octanol–water partition coefficient (Wildman–Crippen LogP) is 8.14. The van der Waals surface area contributed by atoms with Gasteiger partial charge in [0.15, 0.2) is 0 Å². The monoisotopic (exact) mass is 539 g/mol. The van der Waals surface area contributed by atoms with Crippen molar-refractivity contribution < 1.29 is 14.0 Å². The third-order valence-electron chi connectivity index (χ3n) is 5.88. The summed E-state index contributed by atoms with van der Waals surface area (Å²) in [5.74, 6) is -0.388. The van der Waals surface area contributed by atoms with E-state index in [0.717, 1.165) is 40.9 Å². The first kappa shape index (κ1) is 35.8. The molecule has 1 saturated heterocycles. The third-order valence-corrected chi connectivity index (χ3v) is 5.88. The molecule has 0 spiro atoms. The molecule has 5 nitrogen and oxygen atoms in total. The molecule has 39 heavy (non-hydrogen) atoms. The topological polar surface area (TPSA) is 70.2 Å². The number of hydrogen-bond donors (Lipinski definition) is 3. The summed E-state index contributed by atoms with van der Waals surface area (Å²) in [7, 11) is 0. The zero-order chi connectivity index (χ0) is 29.6. The molecule has 0 saturated carbocycles. The molecule has 3 N–H and O–H groups in total. The van der Waals surface area contributed by atoms with Crippen LogP contribution >= 0.6 is 0 Å². The normalized spacial score (nSPS) is 17.5. The van der Waals surface area contributed by atoms with Gasteiger partial charge in [-0.3, -0.25) is 4.79 Å². The molecule has 2 aromatic rings. The number of carbonyl (C=O) groups is 2. The highest BCUT2D eigenvalue weighted by atomic mass is 19.1. The van der Waals surface area contributed by atoms with Crippen LogP contribution in [-0.2, 0) is 9.59 Å². The molecule has 1 amide bonds. The maximum absolute atomic E-state index is 13.7. The number of rotatable bonds is 2. The van der Waals surface area contributed by atoms with E-state index in [0.29, 0.717) is 5.57 Å². The number of carbonyl (C=O) groups excluding carboxylic acids is 2. The van der Waals surface area contributed by atoms with E-state index in [1.165, 1.54) is 44.5 Å². The molecule has 0 radical (unpaired) electrons. The van der Waals surface area contributed by atoms with Gasteiger partial charge in [0.05, 0.1) is 0 Å². The van der Waals surface area contributed by atoms with Crippen LogP contribution in [0, 0.1) is 5.82 Å². The number of anilines is 1. The fourth-order valence-corrected chi connectivity index (χ4v) is 4.34. The SMILES string of the molecule is C1CCNCC1.C=O.CC.CC.CC.CC1=CCCC(/C=C2\C(=O)Nc3cccc(-c4cccc(F)c4)c32)N1. The van der Waals surface area contributed by atoms with Crippen LogP contribution in [0.5, 0.6) is 0 Å². The minimum atomic E-state index is -0.285. The second-order valence-corrected chi connectivity index (χ2v) is 8.30. The van der Waals surface area contributed by atoms with Crippen LogP contribution in [0.3, 0.4) is 0 Å². The van der Waals surface area contributed by atoms with Crippen LogP contribution in [0.4, 0.5) is 10.1 Å². The molecule has 3 aliphatic heterocycles. The highest BCUT2D eigenvalue weighted by Gasteiger charge is 2.28. The van der Waals surface area contributed by atoms with Crippen LogP contribution < -0.4 is 16.0 Å². The summed E-state index contributed by atoms with van der Waals surface area (Å²) in [5, 5.41) is 9.62. The molecule has 5 rings (SSSR count). The summed E-state index contributed by atoms with van der Waals surface area (Å²) in [4.78, 5) is 20.5. The summed E-state index contributed by atoms with van der Waals surface area (Å²) in [6, 6.07) is 12.3. The molecular weight excluding hydrogens is 489 g/mol. The first-order valence-electron chi connectivity index (χ1n) is 14.5. The van der Waals surface area contributed by atoms with Crippen molar-refractivity contribution in [1.82, 2.24) is 10.6 Å². The van der Waals surface area contributed by atoms with Gasteiger partial charge in [-0.15, -0.1) is 0 Å². The molecule has 216 valence electrons. The summed E-state index contributed by atoms with van der Waals surface area (Å²) >= 11 is 0. The van der Waals surface area contributed by atoms with Crippen molar-refractivity contribution in [3.8, 4) is 11.1 Å². The molecule has 3 aliphatic rings. The molecular formula is C33H50FN3O2. The fraction of sp³-hybridized carbons (Fsp3) is 0.455. The standard InChI is InChI=1S/C21H19FN2O.C5H11N.3C2H6.CH2O/c1-13-5-2-8-16(23-13)12-18-20-17(14-6-3-7-15(22)11-14)9-4-10-19(20)24-21(18)25;1-2-4-6-5-3-1;4*1-2/h3-7,9-12,16,23H,2,8H2,1H3,(H,24,25);6H,1-5H2;3*1-2H3;1H2/b18-12-;;;;;. The minimum absolute atomic E-state index is 0.104. The van der Waals surface area contributed by atoms with Gasteiger partial charge >= 0.3 is 0 Å². The Morgan fingerprint density at radius 2 is 1.56 bits per heavy atom. The average Bonchev–Trinajstić information content (AvgIpc) is 3.33. The van der Waals surface area contributed by atoms with E-state index < -0.39 is 0 Å². The van der Waals surface area contributed by atoms with Gasteiger partial charge in [-0.05, 0) is 81.1 Å². The van der Waals surface area contributed by atoms with Crippen molar-refractivity contribution in [2.75, 3.05) is 18.4 Å². The number of fused-ring (bicyclic) bond motifs is 1. The van der Waals surface area contributed by atoms with Gasteiger partial charge in [0.2, 0.25) is 0 Å². The lowest BCUT2D eigenvalue weighted by Crippen LogP contribution is -2.29. The first-order chi connectivity index (χ1) is 19.1. The largest absolute Gasteiger partial charge is 0.383 e. The zero-order valence-electron chi connectivity index (χ0n) is 25.1. The lowest BCUT2D eigenvalue weighted by Gasteiger charge is -2.21. The number of amides is 1. The Kier molecular flexibility index (Phi) is 19.9. The molecule has 1 fully saturated rings. The van der Waals surface area contributed by atoms with Crippen molar-refractivity contribution >= 4 is 24.0 Å². The van der Waals surface area contributed by atoms with Crippen molar-refractivity contribution in [1.29, 1.82) is 0 Å². The van der Waals surface area contributed by atoms with Gasteiger partial charge in [-0.1, -0.05) is 78.3 Å². The van der Waals surface area contributed by atoms with E-state index in [-0.39, 0.29) is 17.8 Å². The van der Waals surface area contributed by atoms with E-state index in [9.17, 15) is 9.18 Å². The van der Waals surface area contributed by atoms with Gasteiger partial charge < -0.3 is 20.7 Å². The zero-order valence-corrected chi connectivity index (χ0v) is 25.1. The van der Waals surface area contributed by atoms with Crippen molar-refractivity contribution in [2.24, 2.45) is 0 Å². The van der Waals surface area contributed by atoms with Crippen LogP contribution in [0.1, 0.15) is 86.1 Å². The molecule has 1 unspecified atom stereocenters. The van der Waals surface area contributed by atoms with Gasteiger partial charge in [-0.25, -0.2) is 4.39 Å². The van der Waals surface area contributed by atoms with Crippen LogP contribution in [0.25, 0.3) is 16.7 Å². The number of nitrogens with one attached hydrogen (secondary N) is 3. The van der Waals surface area contributed by atoms with Gasteiger partial charge in [0.25, 0.3) is 5.91 Å². The van der Waals surface area contributed by atoms with Gasteiger partial charge in [-0.2, -0.15) is 0 Å². The highest BCUT2D eigenvalue weighted by molar-refractivity contribution is 6.33. The second-order valence-electron chi connectivity index (χ2n) is 8.30. The molecule has 2 aromatic carbocycles. The van der Waals surface area contributed by atoms with Crippen molar-refractivity contribution in [2.45, 2.75) is 86.6 Å². The lowest BCUT2D eigenvalue weighted by molar-refractivity contribution is -0.110. The Bertz CT molecular complexity index is 1020. The van der Waals surface area contributed by atoms with Crippen LogP contribution in [-0.4, -0.2) is 31.8 Å². The number of piperidine rings is 1. The highest BCUT2D eigenvalue weighted by Crippen LogP contribution is 2.40. The predicted molar refractivity (Wildman–Crippen MR) is 166 cm³/mol. The Morgan fingerprint density at radius 3 is 2.10 bits per heavy atom. The molecule has 0 bridgehead atoms.